The van der Waals surface area contributed by atoms with Crippen LogP contribution in [0.15, 0.2) is 46.9 Å². The number of benzene rings is 2. The molecular weight excluding hydrogens is 419 g/mol. The van der Waals surface area contributed by atoms with Gasteiger partial charge in [0, 0.05) is 5.69 Å². The van der Waals surface area contributed by atoms with Crippen LogP contribution in [0.1, 0.15) is 47.8 Å². The first-order valence-electron chi connectivity index (χ1n) is 10.1. The van der Waals surface area contributed by atoms with E-state index in [0.717, 1.165) is 5.56 Å². The Labute approximate surface area is 182 Å². The molecule has 1 amide bonds. The Balaban J connectivity index is 1.38. The van der Waals surface area contributed by atoms with Crippen molar-refractivity contribution in [3.8, 4) is 5.75 Å². The van der Waals surface area contributed by atoms with Gasteiger partial charge in [-0.25, -0.2) is 4.39 Å². The molecule has 1 aliphatic rings. The number of rotatable bonds is 6. The molecule has 1 saturated carbocycles. The summed E-state index contributed by atoms with van der Waals surface area (Å²) in [6.45, 7) is 0. The van der Waals surface area contributed by atoms with Crippen LogP contribution >= 0.6 is 0 Å². The number of hydrogen-bond donors (Lipinski definition) is 4. The highest BCUT2D eigenvalue weighted by molar-refractivity contribution is 6.01. The van der Waals surface area contributed by atoms with Gasteiger partial charge >= 0.3 is 23.8 Å². The van der Waals surface area contributed by atoms with Gasteiger partial charge in [0.25, 0.3) is 0 Å². The Morgan fingerprint density at radius 1 is 1.03 bits per heavy atom. The molecule has 1 heterocycles. The summed E-state index contributed by atoms with van der Waals surface area (Å²) in [6.07, 6.45) is 2.50. The van der Waals surface area contributed by atoms with E-state index >= 15 is 0 Å². The predicted molar refractivity (Wildman–Crippen MR) is 112 cm³/mol. The van der Waals surface area contributed by atoms with Crippen molar-refractivity contribution in [2.45, 2.75) is 31.6 Å². The molecule has 2 aromatic carbocycles. The van der Waals surface area contributed by atoms with Crippen LogP contribution in [0.25, 0.3) is 0 Å². The fraction of sp³-hybridized carbons (Fsp3) is 0.273. The molecule has 9 nitrogen and oxygen atoms in total. The minimum absolute atomic E-state index is 0.0239. The monoisotopic (exact) mass is 440 g/mol. The number of phenolic OH excluding ortho intramolecular Hbond substituents is 1. The lowest BCUT2D eigenvalue weighted by Crippen LogP contribution is -2.20. The fourth-order valence-corrected chi connectivity index (χ4v) is 3.77. The second-order valence-corrected chi connectivity index (χ2v) is 7.66. The number of phenols is 1. The molecule has 10 heteroatoms. The highest BCUT2D eigenvalue weighted by Crippen LogP contribution is 2.36. The predicted octanol–water partition coefficient (Wildman–Crippen LogP) is 4.27. The Bertz CT molecular complexity index is 1120. The fourth-order valence-electron chi connectivity index (χ4n) is 3.77. The number of carbonyl (C=O) groups is 2. The Morgan fingerprint density at radius 3 is 2.41 bits per heavy atom. The van der Waals surface area contributed by atoms with Crippen molar-refractivity contribution < 1.29 is 28.6 Å². The molecule has 4 N–H and O–H groups in total. The van der Waals surface area contributed by atoms with E-state index in [2.05, 4.69) is 20.8 Å². The molecule has 1 aliphatic carbocycles. The number of hydrogen-bond acceptors (Lipinski definition) is 7. The van der Waals surface area contributed by atoms with Crippen LogP contribution in [-0.2, 0) is 4.79 Å². The molecule has 0 atom stereocenters. The summed E-state index contributed by atoms with van der Waals surface area (Å²) in [5, 5.41) is 31.0. The number of aliphatic carboxylic acids is 1. The van der Waals surface area contributed by atoms with Crippen molar-refractivity contribution in [1.29, 1.82) is 0 Å². The maximum absolute atomic E-state index is 14.6. The zero-order chi connectivity index (χ0) is 22.7. The van der Waals surface area contributed by atoms with Crippen LogP contribution in [0.4, 0.5) is 21.8 Å². The molecular formula is C22H21FN4O5. The minimum atomic E-state index is -0.782. The van der Waals surface area contributed by atoms with Crippen LogP contribution in [0, 0.1) is 11.7 Å². The van der Waals surface area contributed by atoms with E-state index in [9.17, 15) is 19.1 Å². The molecule has 1 fully saturated rings. The third kappa shape index (κ3) is 4.85. The number of amides is 1. The molecule has 1 aromatic heterocycles. The van der Waals surface area contributed by atoms with Crippen molar-refractivity contribution in [3.05, 3.63) is 59.7 Å². The SMILES string of the molecule is O=C(Nc1ccc([C@H]2CC[C@H](C(=O)O)CC2)cc1F)c1nnc(Nc2ccc(O)cc2)o1. The summed E-state index contributed by atoms with van der Waals surface area (Å²) >= 11 is 0. The van der Waals surface area contributed by atoms with E-state index < -0.39 is 17.7 Å². The summed E-state index contributed by atoms with van der Waals surface area (Å²) < 4.78 is 19.9. The molecule has 0 unspecified atom stereocenters. The number of anilines is 3. The zero-order valence-electron chi connectivity index (χ0n) is 16.9. The lowest BCUT2D eigenvalue weighted by atomic mass is 9.79. The topological polar surface area (TPSA) is 138 Å². The molecule has 0 aliphatic heterocycles. The molecule has 4 rings (SSSR count). The van der Waals surface area contributed by atoms with E-state index in [0.29, 0.717) is 31.4 Å². The van der Waals surface area contributed by atoms with Gasteiger partial charge in [-0.3, -0.25) is 9.59 Å². The van der Waals surface area contributed by atoms with E-state index in [1.165, 1.54) is 24.3 Å². The number of carboxylic acid groups (broad SMARTS) is 1. The van der Waals surface area contributed by atoms with Crippen molar-refractivity contribution in [2.24, 2.45) is 5.92 Å². The van der Waals surface area contributed by atoms with Crippen molar-refractivity contribution in [2.75, 3.05) is 10.6 Å². The van der Waals surface area contributed by atoms with Crippen molar-refractivity contribution in [3.63, 3.8) is 0 Å². The molecule has 32 heavy (non-hydrogen) atoms. The smallest absolute Gasteiger partial charge is 0.320 e. The van der Waals surface area contributed by atoms with Gasteiger partial charge in [0.1, 0.15) is 11.6 Å². The Morgan fingerprint density at radius 2 is 1.75 bits per heavy atom. The third-order valence-corrected chi connectivity index (χ3v) is 5.53. The summed E-state index contributed by atoms with van der Waals surface area (Å²) in [7, 11) is 0. The van der Waals surface area contributed by atoms with Gasteiger partial charge in [-0.1, -0.05) is 11.2 Å². The van der Waals surface area contributed by atoms with Gasteiger partial charge in [-0.05, 0) is 73.6 Å². The standard InChI is InChI=1S/C22H21FN4O5/c23-17-11-14(12-1-3-13(4-2-12)21(30)31)5-10-18(17)25-19(29)20-26-27-22(32-20)24-15-6-8-16(28)9-7-15/h5-13,28H,1-4H2,(H,24,27)(H,25,29)(H,30,31)/t12-,13-. The second-order valence-electron chi connectivity index (χ2n) is 7.66. The van der Waals surface area contributed by atoms with Gasteiger partial charge in [0.05, 0.1) is 11.6 Å². The average molecular weight is 440 g/mol. The third-order valence-electron chi connectivity index (χ3n) is 5.53. The maximum Gasteiger partial charge on any atom is 0.320 e. The van der Waals surface area contributed by atoms with E-state index in [1.54, 1.807) is 18.2 Å². The van der Waals surface area contributed by atoms with Crippen molar-refractivity contribution >= 4 is 29.3 Å². The number of nitrogens with zero attached hydrogens (tertiary/aromatic N) is 2. The minimum Gasteiger partial charge on any atom is -0.508 e. The number of halogens is 1. The summed E-state index contributed by atoms with van der Waals surface area (Å²) in [4.78, 5) is 23.5. The second kappa shape index (κ2) is 9.04. The molecule has 0 bridgehead atoms. The van der Waals surface area contributed by atoms with Gasteiger partial charge in [0.15, 0.2) is 0 Å². The average Bonchev–Trinajstić information content (AvgIpc) is 3.25. The first-order chi connectivity index (χ1) is 15.4. The van der Waals surface area contributed by atoms with Crippen molar-refractivity contribution in [1.82, 2.24) is 10.2 Å². The largest absolute Gasteiger partial charge is 0.508 e. The Kier molecular flexibility index (Phi) is 6.02. The number of carboxylic acids is 1. The van der Waals surface area contributed by atoms with Crippen LogP contribution < -0.4 is 10.6 Å². The molecule has 0 radical (unpaired) electrons. The Hall–Kier alpha value is -3.95. The molecule has 0 spiro atoms. The van der Waals surface area contributed by atoms with Gasteiger partial charge in [-0.15, -0.1) is 5.10 Å². The quantitative estimate of drug-likeness (QED) is 0.417. The number of nitrogens with one attached hydrogen (secondary N) is 2. The van der Waals surface area contributed by atoms with E-state index in [4.69, 9.17) is 9.52 Å². The molecule has 166 valence electrons. The highest BCUT2D eigenvalue weighted by atomic mass is 19.1. The van der Waals surface area contributed by atoms with Gasteiger partial charge in [0.2, 0.25) is 0 Å². The summed E-state index contributed by atoms with van der Waals surface area (Å²) in [5.41, 5.74) is 1.32. The van der Waals surface area contributed by atoms with Crippen LogP contribution in [-0.4, -0.2) is 32.3 Å². The first kappa shape index (κ1) is 21.3. The van der Waals surface area contributed by atoms with Gasteiger partial charge < -0.3 is 25.3 Å². The van der Waals surface area contributed by atoms with E-state index in [-0.39, 0.29) is 35.2 Å². The number of aromatic hydroxyl groups is 1. The number of aromatic nitrogens is 2. The number of carbonyl (C=O) groups excluding carboxylic acids is 1. The molecule has 0 saturated heterocycles. The lowest BCUT2D eigenvalue weighted by Gasteiger charge is -2.26. The highest BCUT2D eigenvalue weighted by Gasteiger charge is 2.27. The summed E-state index contributed by atoms with van der Waals surface area (Å²) in [5.74, 6) is -2.63. The maximum atomic E-state index is 14.6. The first-order valence-corrected chi connectivity index (χ1v) is 10.1. The normalized spacial score (nSPS) is 18.2. The van der Waals surface area contributed by atoms with Crippen LogP contribution in [0.3, 0.4) is 0 Å². The molecule has 3 aromatic rings. The van der Waals surface area contributed by atoms with Crippen LogP contribution in [0.5, 0.6) is 5.75 Å². The zero-order valence-corrected chi connectivity index (χ0v) is 16.9. The summed E-state index contributed by atoms with van der Waals surface area (Å²) in [6, 6.07) is 10.6. The van der Waals surface area contributed by atoms with Crippen LogP contribution in [0.2, 0.25) is 0 Å². The lowest BCUT2D eigenvalue weighted by molar-refractivity contribution is -0.142. The van der Waals surface area contributed by atoms with Gasteiger partial charge in [-0.2, -0.15) is 0 Å². The van der Waals surface area contributed by atoms with E-state index in [1.807, 2.05) is 0 Å².